The fourth-order valence-electron chi connectivity index (χ4n) is 8.71. The standard InChI is InChI=1S/C35H47N7O/c1-22(2)41-21-37-30-20-29(39-33(32(30)41)38-25-15-23(3)16-25)24-7-8-28-31(17-24)42(34(43)35(28)9-11-36-12-10-35)27-18-26(19-27)40-13-5-4-6-14-40/h7-8,17,20-23,25-27,36H,4-6,9-16,18-19H2,1-3H3,(H,38,39)/t23-,25-,26-,27+. The summed E-state index contributed by atoms with van der Waals surface area (Å²) in [6.07, 6.45) is 12.2. The third-order valence-corrected chi connectivity index (χ3v) is 11.3. The van der Waals surface area contributed by atoms with Crippen molar-refractivity contribution >= 4 is 28.4 Å². The number of nitrogens with one attached hydrogen (secondary N) is 2. The van der Waals surface area contributed by atoms with Gasteiger partial charge in [0.1, 0.15) is 5.52 Å². The van der Waals surface area contributed by atoms with Gasteiger partial charge < -0.3 is 25.0 Å². The number of hydrogen-bond donors (Lipinski definition) is 2. The van der Waals surface area contributed by atoms with E-state index in [4.69, 9.17) is 9.97 Å². The topological polar surface area (TPSA) is 78.3 Å². The molecule has 2 aliphatic carbocycles. The van der Waals surface area contributed by atoms with E-state index in [2.05, 4.69) is 70.0 Å². The molecule has 8 heteroatoms. The number of imidazole rings is 1. The third-order valence-electron chi connectivity index (χ3n) is 11.3. The Bertz CT molecular complexity index is 1520. The van der Waals surface area contributed by atoms with Gasteiger partial charge in [-0.2, -0.15) is 0 Å². The van der Waals surface area contributed by atoms with Crippen LogP contribution in [0.1, 0.15) is 90.2 Å². The van der Waals surface area contributed by atoms with E-state index in [-0.39, 0.29) is 6.04 Å². The summed E-state index contributed by atoms with van der Waals surface area (Å²) in [5.41, 5.74) is 6.03. The maximum Gasteiger partial charge on any atom is 0.238 e. The largest absolute Gasteiger partial charge is 0.366 e. The van der Waals surface area contributed by atoms with Crippen molar-refractivity contribution in [3.63, 3.8) is 0 Å². The van der Waals surface area contributed by atoms with Gasteiger partial charge in [-0.25, -0.2) is 9.97 Å². The highest BCUT2D eigenvalue weighted by atomic mass is 16.2. The summed E-state index contributed by atoms with van der Waals surface area (Å²) < 4.78 is 2.23. The molecule has 0 unspecified atom stereocenters. The Hall–Kier alpha value is -2.97. The molecular weight excluding hydrogens is 534 g/mol. The number of nitrogens with zero attached hydrogens (tertiary/aromatic N) is 5. The number of carbonyl (C=O) groups is 1. The SMILES string of the molecule is CC(C)n1cnc2cc(-c3ccc4c(c3)N([C@H]3C[C@@H](N5CCCCC5)C3)C(=O)C43CCNCC3)nc(N[C@H]3C[C@H](C)C3)c21. The number of likely N-dealkylation sites (tertiary alicyclic amines) is 1. The molecule has 0 atom stereocenters. The number of amides is 1. The van der Waals surface area contributed by atoms with Gasteiger partial charge in [-0.05, 0) is 115 Å². The molecule has 2 saturated carbocycles. The van der Waals surface area contributed by atoms with Gasteiger partial charge in [-0.3, -0.25) is 4.79 Å². The summed E-state index contributed by atoms with van der Waals surface area (Å²) in [6, 6.07) is 10.6. The van der Waals surface area contributed by atoms with Crippen LogP contribution in [0.2, 0.25) is 0 Å². The zero-order valence-electron chi connectivity index (χ0n) is 26.1. The average Bonchev–Trinajstić information content (AvgIpc) is 3.51. The Balaban J connectivity index is 1.17. The van der Waals surface area contributed by atoms with E-state index in [1.807, 2.05) is 6.33 Å². The predicted molar refractivity (Wildman–Crippen MR) is 173 cm³/mol. The van der Waals surface area contributed by atoms with Crippen molar-refractivity contribution in [2.75, 3.05) is 36.4 Å². The van der Waals surface area contributed by atoms with Crippen LogP contribution in [0.25, 0.3) is 22.3 Å². The molecule has 2 N–H and O–H groups in total. The van der Waals surface area contributed by atoms with Crippen molar-refractivity contribution in [3.05, 3.63) is 36.2 Å². The Morgan fingerprint density at radius 1 is 1.00 bits per heavy atom. The lowest BCUT2D eigenvalue weighted by molar-refractivity contribution is -0.125. The van der Waals surface area contributed by atoms with Crippen LogP contribution < -0.4 is 15.5 Å². The lowest BCUT2D eigenvalue weighted by Gasteiger charge is -2.48. The minimum Gasteiger partial charge on any atom is -0.366 e. The fourth-order valence-corrected chi connectivity index (χ4v) is 8.71. The fraction of sp³-hybridized carbons (Fsp3) is 0.629. The second kappa shape index (κ2) is 10.6. The van der Waals surface area contributed by atoms with E-state index >= 15 is 0 Å². The number of fused-ring (bicyclic) bond motifs is 3. The monoisotopic (exact) mass is 581 g/mol. The van der Waals surface area contributed by atoms with Gasteiger partial charge in [0.15, 0.2) is 5.82 Å². The van der Waals surface area contributed by atoms with Gasteiger partial charge in [0, 0.05) is 35.4 Å². The molecule has 1 spiro atoms. The molecule has 1 aromatic carbocycles. The lowest BCUT2D eigenvalue weighted by Crippen LogP contribution is -2.58. The summed E-state index contributed by atoms with van der Waals surface area (Å²) in [5.74, 6) is 2.03. The summed E-state index contributed by atoms with van der Waals surface area (Å²) in [6.45, 7) is 10.9. The zero-order valence-corrected chi connectivity index (χ0v) is 26.1. The Labute approximate surface area is 255 Å². The van der Waals surface area contributed by atoms with Crippen molar-refractivity contribution in [2.45, 2.75) is 108 Å². The van der Waals surface area contributed by atoms with E-state index in [1.54, 1.807) is 0 Å². The van der Waals surface area contributed by atoms with Gasteiger partial charge in [0.25, 0.3) is 0 Å². The molecule has 3 aromatic rings. The number of anilines is 2. The summed E-state index contributed by atoms with van der Waals surface area (Å²) in [7, 11) is 0. The minimum absolute atomic E-state index is 0.290. The molecule has 5 heterocycles. The first-order valence-electron chi connectivity index (χ1n) is 17.0. The van der Waals surface area contributed by atoms with Crippen LogP contribution in [0.4, 0.5) is 11.5 Å². The summed E-state index contributed by atoms with van der Waals surface area (Å²) >= 11 is 0. The maximum absolute atomic E-state index is 14.4. The highest BCUT2D eigenvalue weighted by Crippen LogP contribution is 2.51. The van der Waals surface area contributed by atoms with E-state index < -0.39 is 5.41 Å². The molecule has 0 bridgehead atoms. The van der Waals surface area contributed by atoms with Crippen molar-refractivity contribution in [2.24, 2.45) is 5.92 Å². The van der Waals surface area contributed by atoms with Crippen molar-refractivity contribution in [3.8, 4) is 11.3 Å². The molecule has 2 aromatic heterocycles. The number of piperidine rings is 2. The Morgan fingerprint density at radius 2 is 1.77 bits per heavy atom. The molecule has 228 valence electrons. The Morgan fingerprint density at radius 3 is 2.49 bits per heavy atom. The van der Waals surface area contributed by atoms with Gasteiger partial charge in [0.2, 0.25) is 5.91 Å². The number of benzene rings is 1. The van der Waals surface area contributed by atoms with E-state index in [1.165, 1.54) is 50.8 Å². The van der Waals surface area contributed by atoms with Gasteiger partial charge in [-0.1, -0.05) is 25.5 Å². The number of rotatable bonds is 6. The first-order chi connectivity index (χ1) is 20.9. The van der Waals surface area contributed by atoms with Crippen LogP contribution >= 0.6 is 0 Å². The Kier molecular flexibility index (Phi) is 6.79. The molecule has 1 amide bonds. The number of aromatic nitrogens is 3. The zero-order chi connectivity index (χ0) is 29.3. The van der Waals surface area contributed by atoms with Crippen LogP contribution in [-0.4, -0.2) is 69.6 Å². The van der Waals surface area contributed by atoms with Crippen LogP contribution in [0.15, 0.2) is 30.6 Å². The molecule has 43 heavy (non-hydrogen) atoms. The van der Waals surface area contributed by atoms with Crippen LogP contribution in [-0.2, 0) is 10.2 Å². The summed E-state index contributed by atoms with van der Waals surface area (Å²) in [5, 5.41) is 7.29. The lowest BCUT2D eigenvalue weighted by atomic mass is 9.74. The molecule has 8 nitrogen and oxygen atoms in total. The van der Waals surface area contributed by atoms with Crippen molar-refractivity contribution in [1.82, 2.24) is 24.8 Å². The number of carbonyl (C=O) groups excluding carboxylic acids is 1. The van der Waals surface area contributed by atoms with Crippen molar-refractivity contribution < 1.29 is 4.79 Å². The molecule has 3 aliphatic heterocycles. The average molecular weight is 582 g/mol. The molecule has 2 saturated heterocycles. The van der Waals surface area contributed by atoms with Gasteiger partial charge in [0.05, 0.1) is 23.0 Å². The first kappa shape index (κ1) is 27.6. The smallest absolute Gasteiger partial charge is 0.238 e. The van der Waals surface area contributed by atoms with Crippen molar-refractivity contribution in [1.29, 1.82) is 0 Å². The minimum atomic E-state index is -0.392. The van der Waals surface area contributed by atoms with Crippen LogP contribution in [0, 0.1) is 5.92 Å². The normalized spacial score (nSPS) is 28.7. The van der Waals surface area contributed by atoms with Gasteiger partial charge in [-0.15, -0.1) is 0 Å². The van der Waals surface area contributed by atoms with E-state index in [0.29, 0.717) is 24.0 Å². The number of pyridine rings is 1. The van der Waals surface area contributed by atoms with E-state index in [9.17, 15) is 4.79 Å². The second-order valence-corrected chi connectivity index (χ2v) is 14.5. The molecule has 5 aliphatic rings. The molecule has 4 fully saturated rings. The predicted octanol–water partition coefficient (Wildman–Crippen LogP) is 5.87. The second-order valence-electron chi connectivity index (χ2n) is 14.5. The first-order valence-corrected chi connectivity index (χ1v) is 17.0. The molecule has 8 rings (SSSR count). The highest BCUT2D eigenvalue weighted by Gasteiger charge is 2.54. The van der Waals surface area contributed by atoms with Crippen LogP contribution in [0.5, 0.6) is 0 Å². The van der Waals surface area contributed by atoms with Crippen LogP contribution in [0.3, 0.4) is 0 Å². The quantitative estimate of drug-likeness (QED) is 0.379. The third kappa shape index (κ3) is 4.50. The van der Waals surface area contributed by atoms with E-state index in [0.717, 1.165) is 78.5 Å². The maximum atomic E-state index is 14.4. The van der Waals surface area contributed by atoms with Gasteiger partial charge >= 0.3 is 0 Å². The molecule has 0 radical (unpaired) electrons. The molecular formula is C35H47N7O. The number of hydrogen-bond acceptors (Lipinski definition) is 6. The summed E-state index contributed by atoms with van der Waals surface area (Å²) in [4.78, 5) is 29.4. The highest BCUT2D eigenvalue weighted by molar-refractivity contribution is 6.09.